The summed E-state index contributed by atoms with van der Waals surface area (Å²) in [5, 5.41) is 0. The van der Waals surface area contributed by atoms with Gasteiger partial charge in [-0.2, -0.15) is 0 Å². The van der Waals surface area contributed by atoms with Crippen molar-refractivity contribution in [2.45, 2.75) is 51.5 Å². The molecule has 6 nitrogen and oxygen atoms in total. The summed E-state index contributed by atoms with van der Waals surface area (Å²) in [6.07, 6.45) is 1.25. The van der Waals surface area contributed by atoms with E-state index in [4.69, 9.17) is 4.74 Å². The number of ether oxygens (including phenoxy) is 1. The molecule has 0 aromatic heterocycles. The Morgan fingerprint density at radius 3 is 2.24 bits per heavy atom. The number of piperidine rings is 1. The fraction of sp³-hybridized carbons (Fsp3) is 0.611. The Kier molecular flexibility index (Phi) is 6.11. The maximum atomic E-state index is 12.5. The first-order valence-corrected chi connectivity index (χ1v) is 10.2. The molecular formula is C18H28N2O4S. The van der Waals surface area contributed by atoms with Crippen LogP contribution in [0.25, 0.3) is 0 Å². The average Bonchev–Trinajstić information content (AvgIpc) is 2.54. The highest BCUT2D eigenvalue weighted by molar-refractivity contribution is 7.89. The number of rotatable bonds is 5. The number of hydrogen-bond acceptors (Lipinski definition) is 4. The molecule has 0 saturated carbocycles. The number of likely N-dealkylation sites (tertiary alicyclic amines) is 1. The van der Waals surface area contributed by atoms with Crippen molar-refractivity contribution < 1.29 is 17.9 Å². The minimum absolute atomic E-state index is 0.111. The van der Waals surface area contributed by atoms with E-state index in [1.54, 1.807) is 24.3 Å². The fourth-order valence-electron chi connectivity index (χ4n) is 2.84. The molecule has 1 aliphatic rings. The van der Waals surface area contributed by atoms with E-state index in [2.05, 4.69) is 4.72 Å². The van der Waals surface area contributed by atoms with Gasteiger partial charge in [0, 0.05) is 24.5 Å². The molecule has 1 amide bonds. The van der Waals surface area contributed by atoms with Crippen LogP contribution in [0, 0.1) is 5.41 Å². The normalized spacial score (nSPS) is 16.7. The summed E-state index contributed by atoms with van der Waals surface area (Å²) in [5.41, 5.74) is -0.408. The second kappa shape index (κ2) is 7.74. The van der Waals surface area contributed by atoms with E-state index in [1.807, 2.05) is 32.6 Å². The molecule has 0 aliphatic carbocycles. The van der Waals surface area contributed by atoms with Gasteiger partial charge in [-0.1, -0.05) is 20.8 Å². The molecule has 1 aromatic rings. The Labute approximate surface area is 150 Å². The molecule has 0 unspecified atom stereocenters. The van der Waals surface area contributed by atoms with Crippen molar-refractivity contribution in [3.05, 3.63) is 24.3 Å². The zero-order valence-corrected chi connectivity index (χ0v) is 16.2. The van der Waals surface area contributed by atoms with E-state index in [-0.39, 0.29) is 16.8 Å². The summed E-state index contributed by atoms with van der Waals surface area (Å²) in [6.45, 7) is 9.26. The summed E-state index contributed by atoms with van der Waals surface area (Å²) in [5.74, 6) is 0.760. The minimum atomic E-state index is -3.57. The molecule has 0 radical (unpaired) electrons. The molecule has 1 N–H and O–H groups in total. The third-order valence-electron chi connectivity index (χ3n) is 4.19. The van der Waals surface area contributed by atoms with E-state index < -0.39 is 15.4 Å². The van der Waals surface area contributed by atoms with Gasteiger partial charge < -0.3 is 9.64 Å². The summed E-state index contributed by atoms with van der Waals surface area (Å²) in [6, 6.07) is 6.25. The second-order valence-electron chi connectivity index (χ2n) is 7.34. The van der Waals surface area contributed by atoms with E-state index >= 15 is 0 Å². The number of sulfonamides is 1. The number of hydrogen-bond donors (Lipinski definition) is 1. The molecular weight excluding hydrogens is 340 g/mol. The van der Waals surface area contributed by atoms with Gasteiger partial charge in [-0.15, -0.1) is 0 Å². The third kappa shape index (κ3) is 5.19. The van der Waals surface area contributed by atoms with Gasteiger partial charge in [0.15, 0.2) is 0 Å². The SMILES string of the molecule is CCOc1ccc(S(=O)(=O)NC2CCN(C(=O)C(C)(C)C)CC2)cc1. The molecule has 2 rings (SSSR count). The van der Waals surface area contributed by atoms with Crippen LogP contribution in [0.2, 0.25) is 0 Å². The van der Waals surface area contributed by atoms with Gasteiger partial charge >= 0.3 is 0 Å². The quantitative estimate of drug-likeness (QED) is 0.866. The lowest BCUT2D eigenvalue weighted by Gasteiger charge is -2.35. The number of nitrogens with zero attached hydrogens (tertiary/aromatic N) is 1. The number of carbonyl (C=O) groups is 1. The lowest BCUT2D eigenvalue weighted by atomic mass is 9.93. The first-order chi connectivity index (χ1) is 11.6. The molecule has 0 spiro atoms. The van der Waals surface area contributed by atoms with Crippen molar-refractivity contribution in [3.8, 4) is 5.75 Å². The van der Waals surface area contributed by atoms with Crippen LogP contribution in [-0.4, -0.2) is 45.0 Å². The van der Waals surface area contributed by atoms with Crippen LogP contribution in [0.5, 0.6) is 5.75 Å². The Morgan fingerprint density at radius 2 is 1.76 bits per heavy atom. The van der Waals surface area contributed by atoms with Gasteiger partial charge in [-0.25, -0.2) is 13.1 Å². The van der Waals surface area contributed by atoms with Crippen LogP contribution in [0.15, 0.2) is 29.2 Å². The third-order valence-corrected chi connectivity index (χ3v) is 5.73. The highest BCUT2D eigenvalue weighted by Gasteiger charge is 2.31. The second-order valence-corrected chi connectivity index (χ2v) is 9.06. The number of benzene rings is 1. The van der Waals surface area contributed by atoms with Crippen LogP contribution < -0.4 is 9.46 Å². The molecule has 1 heterocycles. The predicted molar refractivity (Wildman–Crippen MR) is 97.0 cm³/mol. The molecule has 0 atom stereocenters. The van der Waals surface area contributed by atoms with E-state index in [9.17, 15) is 13.2 Å². The molecule has 1 fully saturated rings. The van der Waals surface area contributed by atoms with Crippen molar-refractivity contribution in [1.82, 2.24) is 9.62 Å². The summed E-state index contributed by atoms with van der Waals surface area (Å²) >= 11 is 0. The Hall–Kier alpha value is -1.60. The van der Waals surface area contributed by atoms with Crippen molar-refractivity contribution in [2.24, 2.45) is 5.41 Å². The Bertz CT molecular complexity index is 685. The first kappa shape index (κ1) is 19.7. The topological polar surface area (TPSA) is 75.7 Å². The largest absolute Gasteiger partial charge is 0.494 e. The molecule has 7 heteroatoms. The van der Waals surface area contributed by atoms with Gasteiger partial charge in [0.2, 0.25) is 15.9 Å². The maximum absolute atomic E-state index is 12.5. The molecule has 140 valence electrons. The van der Waals surface area contributed by atoms with Crippen molar-refractivity contribution in [1.29, 1.82) is 0 Å². The highest BCUT2D eigenvalue weighted by atomic mass is 32.2. The standard InChI is InChI=1S/C18H28N2O4S/c1-5-24-15-6-8-16(9-7-15)25(22,23)19-14-10-12-20(13-11-14)17(21)18(2,3)4/h6-9,14,19H,5,10-13H2,1-4H3. The van der Waals surface area contributed by atoms with Crippen LogP contribution in [0.3, 0.4) is 0 Å². The summed E-state index contributed by atoms with van der Waals surface area (Å²) < 4.78 is 33.1. The lowest BCUT2D eigenvalue weighted by molar-refractivity contribution is -0.140. The summed E-state index contributed by atoms with van der Waals surface area (Å²) in [4.78, 5) is 14.3. The van der Waals surface area contributed by atoms with Crippen LogP contribution in [-0.2, 0) is 14.8 Å². The molecule has 0 bridgehead atoms. The monoisotopic (exact) mass is 368 g/mol. The smallest absolute Gasteiger partial charge is 0.240 e. The molecule has 25 heavy (non-hydrogen) atoms. The lowest BCUT2D eigenvalue weighted by Crippen LogP contribution is -2.49. The van der Waals surface area contributed by atoms with Crippen LogP contribution >= 0.6 is 0 Å². The minimum Gasteiger partial charge on any atom is -0.494 e. The molecule has 1 aromatic carbocycles. The number of carbonyl (C=O) groups excluding carboxylic acids is 1. The van der Waals surface area contributed by atoms with Gasteiger partial charge in [0.1, 0.15) is 5.75 Å². The van der Waals surface area contributed by atoms with E-state index in [1.165, 1.54) is 0 Å². The Balaban J connectivity index is 1.95. The molecule has 1 aliphatic heterocycles. The zero-order chi connectivity index (χ0) is 18.7. The van der Waals surface area contributed by atoms with Crippen molar-refractivity contribution >= 4 is 15.9 Å². The number of nitrogens with one attached hydrogen (secondary N) is 1. The first-order valence-electron chi connectivity index (χ1n) is 8.68. The van der Waals surface area contributed by atoms with Crippen molar-refractivity contribution in [3.63, 3.8) is 0 Å². The zero-order valence-electron chi connectivity index (χ0n) is 15.4. The van der Waals surface area contributed by atoms with Crippen molar-refractivity contribution in [2.75, 3.05) is 19.7 Å². The van der Waals surface area contributed by atoms with Crippen LogP contribution in [0.4, 0.5) is 0 Å². The predicted octanol–water partition coefficient (Wildman–Crippen LogP) is 2.40. The highest BCUT2D eigenvalue weighted by Crippen LogP contribution is 2.22. The van der Waals surface area contributed by atoms with Gasteiger partial charge in [0.25, 0.3) is 0 Å². The summed E-state index contributed by atoms with van der Waals surface area (Å²) in [7, 11) is -3.57. The number of amides is 1. The van der Waals surface area contributed by atoms with Gasteiger partial charge in [-0.05, 0) is 44.0 Å². The maximum Gasteiger partial charge on any atom is 0.240 e. The van der Waals surface area contributed by atoms with Gasteiger partial charge in [-0.3, -0.25) is 4.79 Å². The average molecular weight is 368 g/mol. The van der Waals surface area contributed by atoms with Crippen LogP contribution in [0.1, 0.15) is 40.5 Å². The molecule has 1 saturated heterocycles. The van der Waals surface area contributed by atoms with E-state index in [0.717, 1.165) is 0 Å². The Morgan fingerprint density at radius 1 is 1.20 bits per heavy atom. The fourth-order valence-corrected chi connectivity index (χ4v) is 4.15. The van der Waals surface area contributed by atoms with E-state index in [0.29, 0.717) is 38.3 Å². The van der Waals surface area contributed by atoms with Gasteiger partial charge in [0.05, 0.1) is 11.5 Å².